The van der Waals surface area contributed by atoms with E-state index < -0.39 is 0 Å². The average molecular weight is 353 g/mol. The molecule has 1 unspecified atom stereocenters. The lowest BCUT2D eigenvalue weighted by atomic mass is 10.0. The van der Waals surface area contributed by atoms with Crippen molar-refractivity contribution in [1.82, 2.24) is 19.9 Å². The van der Waals surface area contributed by atoms with Gasteiger partial charge in [0.25, 0.3) is 0 Å². The predicted octanol–water partition coefficient (Wildman–Crippen LogP) is 2.77. The van der Waals surface area contributed by atoms with E-state index in [2.05, 4.69) is 33.2 Å². The Bertz CT molecular complexity index is 709. The lowest BCUT2D eigenvalue weighted by molar-refractivity contribution is 0.124. The van der Waals surface area contributed by atoms with E-state index in [0.29, 0.717) is 12.1 Å². The highest BCUT2D eigenvalue weighted by atomic mass is 16.5. The zero-order valence-electron chi connectivity index (χ0n) is 15.4. The monoisotopic (exact) mass is 353 g/mol. The standard InChI is InChI=1S/C20H27N5O/c1-2-16-13-19(24-20(23-16)15-3-8-21-9-4-15)22-17-5-10-25(11-6-17)18-7-12-26-14-18/h3-4,8-9,13,17-18H,2,5-7,10-12,14H2,1H3,(H,22,23,24). The number of piperidine rings is 1. The summed E-state index contributed by atoms with van der Waals surface area (Å²) in [6.45, 7) is 6.22. The molecule has 0 aromatic carbocycles. The fourth-order valence-corrected chi connectivity index (χ4v) is 3.81. The van der Waals surface area contributed by atoms with Crippen LogP contribution in [0.2, 0.25) is 0 Å². The van der Waals surface area contributed by atoms with Gasteiger partial charge in [-0.2, -0.15) is 0 Å². The first kappa shape index (κ1) is 17.4. The second-order valence-corrected chi connectivity index (χ2v) is 7.13. The number of rotatable bonds is 5. The summed E-state index contributed by atoms with van der Waals surface area (Å²) in [6, 6.07) is 7.10. The summed E-state index contributed by atoms with van der Waals surface area (Å²) in [5.41, 5.74) is 2.07. The van der Waals surface area contributed by atoms with Crippen LogP contribution in [-0.4, -0.2) is 58.2 Å². The summed E-state index contributed by atoms with van der Waals surface area (Å²) >= 11 is 0. The number of anilines is 1. The summed E-state index contributed by atoms with van der Waals surface area (Å²) in [5, 5.41) is 3.65. The molecule has 1 atom stereocenters. The normalized spacial score (nSPS) is 21.8. The highest BCUT2D eigenvalue weighted by Gasteiger charge is 2.27. The Morgan fingerprint density at radius 2 is 1.96 bits per heavy atom. The zero-order valence-corrected chi connectivity index (χ0v) is 15.4. The molecule has 0 amide bonds. The Hall–Kier alpha value is -2.05. The third-order valence-electron chi connectivity index (χ3n) is 5.38. The van der Waals surface area contributed by atoms with E-state index in [1.165, 1.54) is 6.42 Å². The summed E-state index contributed by atoms with van der Waals surface area (Å²) < 4.78 is 5.53. The van der Waals surface area contributed by atoms with Crippen LogP contribution in [0.3, 0.4) is 0 Å². The lowest BCUT2D eigenvalue weighted by Gasteiger charge is -2.35. The molecule has 1 N–H and O–H groups in total. The Morgan fingerprint density at radius 3 is 2.65 bits per heavy atom. The quantitative estimate of drug-likeness (QED) is 0.892. The fourth-order valence-electron chi connectivity index (χ4n) is 3.81. The van der Waals surface area contributed by atoms with Gasteiger partial charge in [-0.05, 0) is 37.8 Å². The second-order valence-electron chi connectivity index (χ2n) is 7.13. The smallest absolute Gasteiger partial charge is 0.161 e. The zero-order chi connectivity index (χ0) is 17.8. The molecule has 2 aliphatic rings. The van der Waals surface area contributed by atoms with Crippen molar-refractivity contribution in [1.29, 1.82) is 0 Å². The second kappa shape index (κ2) is 8.10. The molecule has 0 saturated carbocycles. The summed E-state index contributed by atoms with van der Waals surface area (Å²) in [6.07, 6.45) is 7.94. The van der Waals surface area contributed by atoms with E-state index in [9.17, 15) is 0 Å². The average Bonchev–Trinajstić information content (AvgIpc) is 3.24. The minimum Gasteiger partial charge on any atom is -0.380 e. The van der Waals surface area contributed by atoms with Gasteiger partial charge in [-0.15, -0.1) is 0 Å². The van der Waals surface area contributed by atoms with Crippen molar-refractivity contribution < 1.29 is 4.74 Å². The van der Waals surface area contributed by atoms with Gasteiger partial charge >= 0.3 is 0 Å². The number of ether oxygens (including phenoxy) is 1. The summed E-state index contributed by atoms with van der Waals surface area (Å²) in [7, 11) is 0. The molecule has 2 fully saturated rings. The van der Waals surface area contributed by atoms with E-state index >= 15 is 0 Å². The van der Waals surface area contributed by atoms with Crippen LogP contribution in [0.25, 0.3) is 11.4 Å². The van der Waals surface area contributed by atoms with Gasteiger partial charge in [0.1, 0.15) is 5.82 Å². The van der Waals surface area contributed by atoms with Crippen LogP contribution in [0.1, 0.15) is 31.9 Å². The minimum absolute atomic E-state index is 0.471. The van der Waals surface area contributed by atoms with Crippen molar-refractivity contribution in [3.05, 3.63) is 36.3 Å². The van der Waals surface area contributed by atoms with Crippen LogP contribution >= 0.6 is 0 Å². The van der Waals surface area contributed by atoms with E-state index in [1.54, 1.807) is 12.4 Å². The molecule has 4 rings (SSSR count). The molecule has 0 aliphatic carbocycles. The maximum atomic E-state index is 5.53. The van der Waals surface area contributed by atoms with Gasteiger partial charge in [-0.25, -0.2) is 9.97 Å². The molecule has 2 aromatic heterocycles. The number of nitrogens with zero attached hydrogens (tertiary/aromatic N) is 4. The molecule has 26 heavy (non-hydrogen) atoms. The Kier molecular flexibility index (Phi) is 5.41. The molecule has 138 valence electrons. The number of aryl methyl sites for hydroxylation is 1. The summed E-state index contributed by atoms with van der Waals surface area (Å²) in [5.74, 6) is 1.71. The number of hydrogen-bond donors (Lipinski definition) is 1. The molecule has 2 saturated heterocycles. The minimum atomic E-state index is 0.471. The lowest BCUT2D eigenvalue weighted by Crippen LogP contribution is -2.45. The third-order valence-corrected chi connectivity index (χ3v) is 5.38. The molecular formula is C20H27N5O. The molecule has 0 spiro atoms. The molecule has 6 nitrogen and oxygen atoms in total. The van der Waals surface area contributed by atoms with Gasteiger partial charge in [0, 0.05) is 61.5 Å². The molecule has 0 bridgehead atoms. The third kappa shape index (κ3) is 4.02. The van der Waals surface area contributed by atoms with Gasteiger partial charge in [0.2, 0.25) is 0 Å². The van der Waals surface area contributed by atoms with Gasteiger partial charge in [-0.1, -0.05) is 6.92 Å². The number of aromatic nitrogens is 3. The predicted molar refractivity (Wildman–Crippen MR) is 102 cm³/mol. The number of nitrogens with one attached hydrogen (secondary N) is 1. The highest BCUT2D eigenvalue weighted by Crippen LogP contribution is 2.22. The van der Waals surface area contributed by atoms with Crippen LogP contribution in [0.15, 0.2) is 30.6 Å². The SMILES string of the molecule is CCc1cc(NC2CCN(C3CCOC3)CC2)nc(-c2ccncc2)n1. The van der Waals surface area contributed by atoms with Crippen LogP contribution in [0, 0.1) is 0 Å². The van der Waals surface area contributed by atoms with Crippen LogP contribution in [0.4, 0.5) is 5.82 Å². The van der Waals surface area contributed by atoms with Crippen molar-refractivity contribution in [2.75, 3.05) is 31.6 Å². The van der Waals surface area contributed by atoms with E-state index in [1.807, 2.05) is 12.1 Å². The molecule has 6 heteroatoms. The van der Waals surface area contributed by atoms with Crippen molar-refractivity contribution in [3.63, 3.8) is 0 Å². The van der Waals surface area contributed by atoms with Crippen molar-refractivity contribution in [2.45, 2.75) is 44.7 Å². The Balaban J connectivity index is 1.43. The largest absolute Gasteiger partial charge is 0.380 e. The number of likely N-dealkylation sites (tertiary alicyclic amines) is 1. The van der Waals surface area contributed by atoms with E-state index in [4.69, 9.17) is 9.72 Å². The van der Waals surface area contributed by atoms with Crippen LogP contribution in [-0.2, 0) is 11.2 Å². The fraction of sp³-hybridized carbons (Fsp3) is 0.550. The number of pyridine rings is 1. The van der Waals surface area contributed by atoms with Crippen molar-refractivity contribution in [2.24, 2.45) is 0 Å². The number of hydrogen-bond acceptors (Lipinski definition) is 6. The molecule has 2 aliphatic heterocycles. The first-order chi connectivity index (χ1) is 12.8. The Morgan fingerprint density at radius 1 is 1.15 bits per heavy atom. The molecule has 4 heterocycles. The van der Waals surface area contributed by atoms with Gasteiger partial charge < -0.3 is 10.1 Å². The van der Waals surface area contributed by atoms with Crippen molar-refractivity contribution >= 4 is 5.82 Å². The Labute approximate surface area is 155 Å². The van der Waals surface area contributed by atoms with E-state index in [0.717, 1.165) is 68.5 Å². The topological polar surface area (TPSA) is 63.2 Å². The van der Waals surface area contributed by atoms with Gasteiger partial charge in [0.15, 0.2) is 5.82 Å². The molecule has 0 radical (unpaired) electrons. The summed E-state index contributed by atoms with van der Waals surface area (Å²) in [4.78, 5) is 16.1. The van der Waals surface area contributed by atoms with Crippen molar-refractivity contribution in [3.8, 4) is 11.4 Å². The maximum Gasteiger partial charge on any atom is 0.161 e. The first-order valence-electron chi connectivity index (χ1n) is 9.68. The van der Waals surface area contributed by atoms with Gasteiger partial charge in [0.05, 0.1) is 6.61 Å². The van der Waals surface area contributed by atoms with E-state index in [-0.39, 0.29) is 0 Å². The van der Waals surface area contributed by atoms with Crippen LogP contribution in [0.5, 0.6) is 0 Å². The highest BCUT2D eigenvalue weighted by molar-refractivity contribution is 5.56. The maximum absolute atomic E-state index is 5.53. The first-order valence-corrected chi connectivity index (χ1v) is 9.68. The molecular weight excluding hydrogens is 326 g/mol. The van der Waals surface area contributed by atoms with Gasteiger partial charge in [-0.3, -0.25) is 9.88 Å². The van der Waals surface area contributed by atoms with Crippen LogP contribution < -0.4 is 5.32 Å². The molecule has 2 aromatic rings.